The van der Waals surface area contributed by atoms with E-state index in [9.17, 15) is 0 Å². The van der Waals surface area contributed by atoms with Crippen LogP contribution in [0.25, 0.3) is 5.57 Å². The van der Waals surface area contributed by atoms with Gasteiger partial charge in [-0.1, -0.05) is 10.3 Å². The number of hydrogen-bond donors (Lipinski definition) is 0. The maximum atomic E-state index is 5.76. The molecule has 0 bridgehead atoms. The summed E-state index contributed by atoms with van der Waals surface area (Å²) >= 11 is 0. The third-order valence-corrected chi connectivity index (χ3v) is 5.21. The second kappa shape index (κ2) is 5.88. The lowest BCUT2D eigenvalue weighted by Gasteiger charge is -2.32. The van der Waals surface area contributed by atoms with Gasteiger partial charge in [-0.15, -0.1) is 0 Å². The molecular weight excluding hydrogens is 326 g/mol. The predicted octanol–water partition coefficient (Wildman–Crippen LogP) is 1.15. The molecule has 2 aliphatic heterocycles. The minimum absolute atomic E-state index is 0.109. The standard InChI is InChI=1S/C15H21N7O3/c1-9-11(10(2)22-14(21(9)3)17-19-20-22)12-16-13(18-25-12)15(23-4)5-7-24-8-6-15/h10H,5-8H2,1-4H3. The van der Waals surface area contributed by atoms with Crippen molar-refractivity contribution in [2.75, 3.05) is 32.3 Å². The van der Waals surface area contributed by atoms with Crippen molar-refractivity contribution in [1.82, 2.24) is 30.3 Å². The van der Waals surface area contributed by atoms with Gasteiger partial charge in [-0.05, 0) is 24.3 Å². The van der Waals surface area contributed by atoms with Gasteiger partial charge < -0.3 is 18.9 Å². The summed E-state index contributed by atoms with van der Waals surface area (Å²) in [6, 6.07) is -0.109. The smallest absolute Gasteiger partial charge is 0.257 e. The van der Waals surface area contributed by atoms with Crippen LogP contribution in [0.2, 0.25) is 0 Å². The lowest BCUT2D eigenvalue weighted by molar-refractivity contribution is -0.101. The Bertz CT molecular complexity index is 806. The van der Waals surface area contributed by atoms with Crippen LogP contribution in [0.3, 0.4) is 0 Å². The van der Waals surface area contributed by atoms with Gasteiger partial charge in [0.2, 0.25) is 11.8 Å². The number of methoxy groups -OCH3 is 1. The lowest BCUT2D eigenvalue weighted by atomic mass is 9.93. The van der Waals surface area contributed by atoms with Crippen molar-refractivity contribution < 1.29 is 14.0 Å². The number of rotatable bonds is 3. The van der Waals surface area contributed by atoms with Crippen molar-refractivity contribution in [3.8, 4) is 0 Å². The Kier molecular flexibility index (Phi) is 3.80. The first kappa shape index (κ1) is 16.2. The zero-order valence-corrected chi connectivity index (χ0v) is 14.8. The zero-order valence-electron chi connectivity index (χ0n) is 14.8. The molecule has 4 rings (SSSR count). The van der Waals surface area contributed by atoms with Crippen LogP contribution in [0.5, 0.6) is 0 Å². The fourth-order valence-corrected chi connectivity index (χ4v) is 3.49. The van der Waals surface area contributed by atoms with E-state index in [1.54, 1.807) is 11.8 Å². The molecule has 4 heterocycles. The van der Waals surface area contributed by atoms with Crippen LogP contribution in [-0.4, -0.2) is 57.7 Å². The van der Waals surface area contributed by atoms with Gasteiger partial charge >= 0.3 is 0 Å². The number of aromatic nitrogens is 6. The molecule has 10 heteroatoms. The third-order valence-electron chi connectivity index (χ3n) is 5.21. The molecule has 10 nitrogen and oxygen atoms in total. The Morgan fingerprint density at radius 2 is 2.04 bits per heavy atom. The highest BCUT2D eigenvalue weighted by atomic mass is 16.5. The minimum Gasteiger partial charge on any atom is -0.381 e. The van der Waals surface area contributed by atoms with E-state index in [0.29, 0.717) is 43.7 Å². The molecule has 0 saturated carbocycles. The number of ether oxygens (including phenoxy) is 2. The molecule has 0 N–H and O–H groups in total. The Hall–Kier alpha value is -2.33. The molecule has 2 aromatic heterocycles. The first-order valence-electron chi connectivity index (χ1n) is 8.27. The highest BCUT2D eigenvalue weighted by Crippen LogP contribution is 2.39. The first-order valence-corrected chi connectivity index (χ1v) is 8.27. The monoisotopic (exact) mass is 347 g/mol. The molecule has 0 aromatic carbocycles. The molecular formula is C15H21N7O3. The molecule has 1 unspecified atom stereocenters. The number of nitrogens with zero attached hydrogens (tertiary/aromatic N) is 7. The highest BCUT2D eigenvalue weighted by Gasteiger charge is 2.40. The average molecular weight is 347 g/mol. The second-order valence-electron chi connectivity index (χ2n) is 6.39. The van der Waals surface area contributed by atoms with Crippen molar-refractivity contribution in [2.24, 2.45) is 0 Å². The summed E-state index contributed by atoms with van der Waals surface area (Å²) in [6.07, 6.45) is 1.40. The lowest BCUT2D eigenvalue weighted by Crippen LogP contribution is -2.36. The van der Waals surface area contributed by atoms with E-state index in [0.717, 1.165) is 11.3 Å². The summed E-state index contributed by atoms with van der Waals surface area (Å²) in [5.74, 6) is 1.72. The first-order chi connectivity index (χ1) is 12.1. The van der Waals surface area contributed by atoms with E-state index in [1.165, 1.54) is 0 Å². The van der Waals surface area contributed by atoms with Crippen molar-refractivity contribution in [1.29, 1.82) is 0 Å². The largest absolute Gasteiger partial charge is 0.381 e. The Balaban J connectivity index is 1.73. The summed E-state index contributed by atoms with van der Waals surface area (Å²) in [7, 11) is 3.59. The molecule has 0 radical (unpaired) electrons. The topological polar surface area (TPSA) is 104 Å². The summed E-state index contributed by atoms with van der Waals surface area (Å²) in [4.78, 5) is 6.58. The van der Waals surface area contributed by atoms with Crippen LogP contribution < -0.4 is 4.90 Å². The van der Waals surface area contributed by atoms with Gasteiger partial charge in [0.05, 0.1) is 11.6 Å². The van der Waals surface area contributed by atoms with Crippen LogP contribution >= 0.6 is 0 Å². The number of fused-ring (bicyclic) bond motifs is 1. The number of anilines is 1. The van der Waals surface area contributed by atoms with Gasteiger partial charge in [0.1, 0.15) is 5.60 Å². The second-order valence-corrected chi connectivity index (χ2v) is 6.39. The molecule has 0 amide bonds. The zero-order chi connectivity index (χ0) is 17.6. The van der Waals surface area contributed by atoms with Gasteiger partial charge in [0.25, 0.3) is 5.89 Å². The van der Waals surface area contributed by atoms with Crippen LogP contribution in [0.4, 0.5) is 5.95 Å². The van der Waals surface area contributed by atoms with E-state index in [2.05, 4.69) is 25.7 Å². The Morgan fingerprint density at radius 3 is 2.76 bits per heavy atom. The van der Waals surface area contributed by atoms with Gasteiger partial charge in [0, 0.05) is 45.9 Å². The normalized spacial score (nSPS) is 23.0. The highest BCUT2D eigenvalue weighted by molar-refractivity contribution is 5.71. The van der Waals surface area contributed by atoms with Gasteiger partial charge in [-0.2, -0.15) is 4.98 Å². The minimum atomic E-state index is -0.557. The Morgan fingerprint density at radius 1 is 1.28 bits per heavy atom. The molecule has 25 heavy (non-hydrogen) atoms. The van der Waals surface area contributed by atoms with Crippen LogP contribution in [0.15, 0.2) is 10.2 Å². The summed E-state index contributed by atoms with van der Waals surface area (Å²) in [5, 5.41) is 16.1. The number of tetrazole rings is 1. The maximum Gasteiger partial charge on any atom is 0.257 e. The van der Waals surface area contributed by atoms with Crippen molar-refractivity contribution in [3.05, 3.63) is 17.4 Å². The van der Waals surface area contributed by atoms with Gasteiger partial charge in [0.15, 0.2) is 0 Å². The third kappa shape index (κ3) is 2.35. The van der Waals surface area contributed by atoms with Crippen LogP contribution in [0.1, 0.15) is 44.4 Å². The van der Waals surface area contributed by atoms with E-state index < -0.39 is 5.60 Å². The fraction of sp³-hybridized carbons (Fsp3) is 0.667. The summed E-state index contributed by atoms with van der Waals surface area (Å²) in [5.41, 5.74) is 1.32. The molecule has 0 aliphatic carbocycles. The van der Waals surface area contributed by atoms with E-state index >= 15 is 0 Å². The average Bonchev–Trinajstić information content (AvgIpc) is 3.31. The van der Waals surface area contributed by atoms with Gasteiger partial charge in [-0.25, -0.2) is 4.68 Å². The quantitative estimate of drug-likeness (QED) is 0.808. The van der Waals surface area contributed by atoms with E-state index in [4.69, 9.17) is 14.0 Å². The SMILES string of the molecule is COC1(c2noc(C3=C(C)N(C)c4nnnn4C3C)n2)CCOCC1. The maximum absolute atomic E-state index is 5.76. The number of allylic oxidation sites excluding steroid dienone is 2. The molecule has 0 spiro atoms. The molecule has 1 atom stereocenters. The molecule has 2 aromatic rings. The van der Waals surface area contributed by atoms with Crippen molar-refractivity contribution in [3.63, 3.8) is 0 Å². The molecule has 2 aliphatic rings. The molecule has 1 fully saturated rings. The molecule has 134 valence electrons. The van der Waals surface area contributed by atoms with Crippen LogP contribution in [-0.2, 0) is 15.1 Å². The summed E-state index contributed by atoms with van der Waals surface area (Å²) in [6.45, 7) is 5.24. The predicted molar refractivity (Wildman–Crippen MR) is 86.6 cm³/mol. The van der Waals surface area contributed by atoms with Crippen molar-refractivity contribution in [2.45, 2.75) is 38.3 Å². The van der Waals surface area contributed by atoms with Gasteiger partial charge in [-0.3, -0.25) is 0 Å². The van der Waals surface area contributed by atoms with E-state index in [-0.39, 0.29) is 6.04 Å². The summed E-state index contributed by atoms with van der Waals surface area (Å²) < 4.78 is 18.6. The van der Waals surface area contributed by atoms with Crippen molar-refractivity contribution >= 4 is 11.5 Å². The van der Waals surface area contributed by atoms with Crippen LogP contribution in [0, 0.1) is 0 Å². The molecule has 1 saturated heterocycles. The van der Waals surface area contributed by atoms with E-state index in [1.807, 2.05) is 25.8 Å². The number of hydrogen-bond acceptors (Lipinski definition) is 9. The Labute approximate surface area is 144 Å². The fourth-order valence-electron chi connectivity index (χ4n) is 3.49.